The molecule has 106 valence electrons. The van der Waals surface area contributed by atoms with Crippen LogP contribution in [0.1, 0.15) is 20.3 Å². The molecule has 2 amide bonds. The molecule has 0 radical (unpaired) electrons. The maximum atomic E-state index is 11.3. The van der Waals surface area contributed by atoms with Gasteiger partial charge in [-0.2, -0.15) is 0 Å². The van der Waals surface area contributed by atoms with Crippen molar-refractivity contribution in [3.8, 4) is 0 Å². The number of nitrogens with one attached hydrogen (secondary N) is 2. The Kier molecular flexibility index (Phi) is 6.85. The average Bonchev–Trinajstić information content (AvgIpc) is 2.26. The van der Waals surface area contributed by atoms with Crippen LogP contribution in [0, 0.1) is 0 Å². The van der Waals surface area contributed by atoms with Gasteiger partial charge < -0.3 is 20.8 Å². The van der Waals surface area contributed by atoms with Crippen molar-refractivity contribution in [2.75, 3.05) is 19.3 Å². The SMILES string of the molecule is CC(CCNC(=O)NCC(C)(O)C(=O)O)S(C)=O. The molecule has 0 aromatic carbocycles. The lowest BCUT2D eigenvalue weighted by molar-refractivity contribution is -0.155. The second-order valence-corrected chi connectivity index (χ2v) is 6.09. The van der Waals surface area contributed by atoms with E-state index in [2.05, 4.69) is 10.6 Å². The molecule has 0 spiro atoms. The lowest BCUT2D eigenvalue weighted by Gasteiger charge is -2.18. The number of hydrogen-bond acceptors (Lipinski definition) is 4. The molecular weight excluding hydrogens is 260 g/mol. The van der Waals surface area contributed by atoms with Crippen molar-refractivity contribution in [1.29, 1.82) is 0 Å². The van der Waals surface area contributed by atoms with E-state index in [9.17, 15) is 18.9 Å². The summed E-state index contributed by atoms with van der Waals surface area (Å²) in [6.45, 7) is 2.86. The summed E-state index contributed by atoms with van der Waals surface area (Å²) < 4.78 is 11.0. The first kappa shape index (κ1) is 16.9. The van der Waals surface area contributed by atoms with Gasteiger partial charge in [0, 0.05) is 28.9 Å². The topological polar surface area (TPSA) is 116 Å². The molecule has 4 N–H and O–H groups in total. The number of rotatable bonds is 7. The first-order valence-corrected chi connectivity index (χ1v) is 7.08. The molecule has 0 aliphatic rings. The van der Waals surface area contributed by atoms with Crippen LogP contribution in [0.4, 0.5) is 4.79 Å². The number of carboxylic acids is 1. The summed E-state index contributed by atoms with van der Waals surface area (Å²) in [5.41, 5.74) is -1.99. The number of aliphatic hydroxyl groups is 1. The smallest absolute Gasteiger partial charge is 0.337 e. The van der Waals surface area contributed by atoms with Gasteiger partial charge in [-0.05, 0) is 13.3 Å². The summed E-state index contributed by atoms with van der Waals surface area (Å²) in [5.74, 6) is -1.40. The fraction of sp³-hybridized carbons (Fsp3) is 0.800. The van der Waals surface area contributed by atoms with Gasteiger partial charge in [-0.25, -0.2) is 9.59 Å². The predicted octanol–water partition coefficient (Wildman–Crippen LogP) is -0.722. The lowest BCUT2D eigenvalue weighted by atomic mass is 10.1. The van der Waals surface area contributed by atoms with Crippen LogP contribution >= 0.6 is 0 Å². The summed E-state index contributed by atoms with van der Waals surface area (Å²) in [6, 6.07) is -0.564. The molecule has 0 bridgehead atoms. The van der Waals surface area contributed by atoms with Crippen LogP contribution < -0.4 is 10.6 Å². The molecule has 0 aromatic heterocycles. The minimum atomic E-state index is -1.99. The Bertz CT molecular complexity index is 332. The average molecular weight is 280 g/mol. The molecule has 8 heteroatoms. The third-order valence-electron chi connectivity index (χ3n) is 2.46. The van der Waals surface area contributed by atoms with Gasteiger partial charge in [-0.1, -0.05) is 6.92 Å². The van der Waals surface area contributed by atoms with E-state index in [0.29, 0.717) is 13.0 Å². The fourth-order valence-corrected chi connectivity index (χ4v) is 1.40. The Labute approximate surface area is 108 Å². The number of aliphatic carboxylic acids is 1. The lowest BCUT2D eigenvalue weighted by Crippen LogP contribution is -2.49. The number of urea groups is 1. The largest absolute Gasteiger partial charge is 0.479 e. The highest BCUT2D eigenvalue weighted by molar-refractivity contribution is 7.84. The maximum absolute atomic E-state index is 11.3. The van der Waals surface area contributed by atoms with Crippen molar-refractivity contribution in [2.24, 2.45) is 0 Å². The Hall–Kier alpha value is -1.15. The minimum absolute atomic E-state index is 0.0209. The zero-order valence-corrected chi connectivity index (χ0v) is 11.5. The summed E-state index contributed by atoms with van der Waals surface area (Å²) in [7, 11) is -0.938. The summed E-state index contributed by atoms with van der Waals surface area (Å²) in [6.07, 6.45) is 2.15. The van der Waals surface area contributed by atoms with Gasteiger partial charge in [0.15, 0.2) is 5.60 Å². The normalized spacial score (nSPS) is 17.3. The molecule has 3 unspecified atom stereocenters. The number of carbonyl (C=O) groups is 2. The first-order valence-electron chi connectivity index (χ1n) is 5.46. The Balaban J connectivity index is 3.86. The summed E-state index contributed by atoms with van der Waals surface area (Å²) in [5, 5.41) is 22.7. The fourth-order valence-electron chi connectivity index (χ4n) is 0.945. The Morgan fingerprint density at radius 2 is 1.94 bits per heavy atom. The van der Waals surface area contributed by atoms with Crippen molar-refractivity contribution >= 4 is 22.8 Å². The van der Waals surface area contributed by atoms with Crippen LogP contribution in [0.2, 0.25) is 0 Å². The summed E-state index contributed by atoms with van der Waals surface area (Å²) in [4.78, 5) is 21.8. The second-order valence-electron chi connectivity index (χ2n) is 4.29. The second kappa shape index (κ2) is 7.32. The van der Waals surface area contributed by atoms with E-state index < -0.39 is 28.4 Å². The molecule has 0 aromatic rings. The van der Waals surface area contributed by atoms with E-state index in [1.54, 1.807) is 6.26 Å². The molecule has 0 aliphatic heterocycles. The quantitative estimate of drug-likeness (QED) is 0.491. The molecule has 0 rings (SSSR count). The van der Waals surface area contributed by atoms with Crippen molar-refractivity contribution < 1.29 is 24.0 Å². The Morgan fingerprint density at radius 3 is 2.39 bits per heavy atom. The zero-order valence-electron chi connectivity index (χ0n) is 10.7. The van der Waals surface area contributed by atoms with Gasteiger partial charge in [0.25, 0.3) is 0 Å². The number of hydrogen-bond donors (Lipinski definition) is 4. The maximum Gasteiger partial charge on any atom is 0.337 e. The third-order valence-corrected chi connectivity index (χ3v) is 3.83. The van der Waals surface area contributed by atoms with Gasteiger partial charge in [-0.15, -0.1) is 0 Å². The van der Waals surface area contributed by atoms with E-state index >= 15 is 0 Å². The van der Waals surface area contributed by atoms with E-state index in [1.165, 1.54) is 0 Å². The van der Waals surface area contributed by atoms with Crippen LogP contribution in [0.3, 0.4) is 0 Å². The van der Waals surface area contributed by atoms with Crippen molar-refractivity contribution in [3.63, 3.8) is 0 Å². The van der Waals surface area contributed by atoms with E-state index in [4.69, 9.17) is 5.11 Å². The highest BCUT2D eigenvalue weighted by atomic mass is 32.2. The molecule has 3 atom stereocenters. The van der Waals surface area contributed by atoms with Crippen molar-refractivity contribution in [1.82, 2.24) is 10.6 Å². The first-order chi connectivity index (χ1) is 8.16. The Morgan fingerprint density at radius 1 is 1.39 bits per heavy atom. The van der Waals surface area contributed by atoms with Crippen molar-refractivity contribution in [3.05, 3.63) is 0 Å². The zero-order chi connectivity index (χ0) is 14.3. The van der Waals surface area contributed by atoms with Crippen LogP contribution in [0.5, 0.6) is 0 Å². The standard InChI is InChI=1S/C10H20N2O5S/c1-7(18(3)17)4-5-11-9(15)12-6-10(2,16)8(13)14/h7,16H,4-6H2,1-3H3,(H,13,14)(H2,11,12,15). The van der Waals surface area contributed by atoms with Crippen LogP contribution in [-0.2, 0) is 15.6 Å². The molecule has 0 saturated carbocycles. The van der Waals surface area contributed by atoms with Crippen molar-refractivity contribution in [2.45, 2.75) is 31.1 Å². The third kappa shape index (κ3) is 6.55. The predicted molar refractivity (Wildman–Crippen MR) is 67.8 cm³/mol. The van der Waals surface area contributed by atoms with Gasteiger partial charge >= 0.3 is 12.0 Å². The summed E-state index contributed by atoms with van der Waals surface area (Å²) >= 11 is 0. The van der Waals surface area contributed by atoms with Gasteiger partial charge in [0.2, 0.25) is 0 Å². The van der Waals surface area contributed by atoms with Crippen LogP contribution in [-0.4, -0.2) is 56.6 Å². The molecule has 0 fully saturated rings. The molecular formula is C10H20N2O5S. The molecule has 18 heavy (non-hydrogen) atoms. The van der Waals surface area contributed by atoms with Gasteiger partial charge in [0.1, 0.15) is 0 Å². The highest BCUT2D eigenvalue weighted by Gasteiger charge is 2.30. The van der Waals surface area contributed by atoms with E-state index in [1.807, 2.05) is 6.92 Å². The molecule has 0 saturated heterocycles. The van der Waals surface area contributed by atoms with E-state index in [0.717, 1.165) is 6.92 Å². The molecule has 7 nitrogen and oxygen atoms in total. The van der Waals surface area contributed by atoms with Crippen LogP contribution in [0.15, 0.2) is 0 Å². The van der Waals surface area contributed by atoms with Crippen LogP contribution in [0.25, 0.3) is 0 Å². The van der Waals surface area contributed by atoms with Gasteiger partial charge in [-0.3, -0.25) is 4.21 Å². The number of carboxylic acid groups (broad SMARTS) is 1. The highest BCUT2D eigenvalue weighted by Crippen LogP contribution is 2.00. The molecule has 0 aliphatic carbocycles. The van der Waals surface area contributed by atoms with E-state index in [-0.39, 0.29) is 11.8 Å². The minimum Gasteiger partial charge on any atom is -0.479 e. The number of amides is 2. The monoisotopic (exact) mass is 280 g/mol. The molecule has 0 heterocycles. The van der Waals surface area contributed by atoms with Gasteiger partial charge in [0.05, 0.1) is 6.54 Å². The number of carbonyl (C=O) groups excluding carboxylic acids is 1.